The molecule has 0 aromatic carbocycles. The van der Waals surface area contributed by atoms with Crippen LogP contribution in [0.25, 0.3) is 0 Å². The Morgan fingerprint density at radius 1 is 0.245 bits per heavy atom. The van der Waals surface area contributed by atoms with Crippen LogP contribution in [0.5, 0.6) is 0 Å². The van der Waals surface area contributed by atoms with E-state index in [-0.39, 0.29) is 0 Å². The van der Waals surface area contributed by atoms with Crippen LogP contribution in [0.3, 0.4) is 0 Å². The van der Waals surface area contributed by atoms with Gasteiger partial charge in [-0.1, -0.05) is 0 Å². The Labute approximate surface area is 811 Å². The fraction of sp³-hybridized carbons (Fsp3) is 0.912. The summed E-state index contributed by atoms with van der Waals surface area (Å²) < 4.78 is 118. The van der Waals surface area contributed by atoms with Gasteiger partial charge < -0.3 is 280 Å². The second kappa shape index (κ2) is 53.4. The maximum absolute atomic E-state index is 13.3. The third-order valence-corrected chi connectivity index (χ3v) is 25.4. The first-order valence-corrected chi connectivity index (χ1v) is 45.5. The maximum Gasteiger partial charge on any atom is 0.217 e. The summed E-state index contributed by atoms with van der Waals surface area (Å²) in [4.78, 5) is 89.3. The average molecular weight is 2090 g/mol. The molecule has 54 atom stereocenters. The molecule has 0 bridgehead atoms. The summed E-state index contributed by atoms with van der Waals surface area (Å²) in [6.07, 6.45) is -98.3. The molecule has 63 nitrogen and oxygen atoms in total. The molecule has 0 radical (unpaired) electrons. The number of amides is 7. The van der Waals surface area contributed by atoms with Crippen LogP contribution in [-0.4, -0.2) is 600 Å². The monoisotopic (exact) mass is 2090 g/mol. The third kappa shape index (κ3) is 28.0. The van der Waals surface area contributed by atoms with Crippen molar-refractivity contribution in [2.24, 2.45) is 0 Å². The topological polar surface area (TPSA) is 975 Å². The van der Waals surface area contributed by atoms with E-state index in [2.05, 4.69) is 37.2 Å². The van der Waals surface area contributed by atoms with Gasteiger partial charge in [-0.3, -0.25) is 33.6 Å². The molecule has 826 valence electrons. The molecule has 143 heavy (non-hydrogen) atoms. The molecule has 7 amide bonds. The molecule has 10 fully saturated rings. The molecule has 10 rings (SSSR count). The van der Waals surface area contributed by atoms with Gasteiger partial charge in [0.1, 0.15) is 262 Å². The molecule has 10 saturated heterocycles. The normalized spacial score (nSPS) is 44.9. The zero-order valence-electron chi connectivity index (χ0n) is 77.7. The SMILES string of the molecule is CC(=O)N[C@H]1[C@H](OC[C@@H](O)[C@H](O)[C@H](O[C@@H]2O[C@H](CO[C@@H]3O[C@H](CO)[C@@H](O[C@@H]4O[C@H](CO)[C@H](O[C@H]5O[C@H](CO)[C@@H](O)[C@H](O)[C@H]5NC(C)=O)[C@H](O)[C@H]4O)[C@H](O)[C@H]3NC(C)=O)[C@H](O)[C@H](O[C@@H]3O[C@H](CO)[C@@H](O[C@@H]4O[C@H](CO)[C@H](O[C@H]5O[C@H](CO)[C@@H](O)[C@H](O)[C@H]5NC(C)=O)[C@H](O)[C@H]4O)[C@H](O)[C@H]3NC(C)=O)[C@H]2O)[C@H](CO)NC(C)=O)O[C@H](CO)[C@@H](O[C@@H]2O[C@H](CO)[C@H](O[C@H]3O[C@H](CO)[C@@H](O)[C@H](O)[C@H]3NC(C)=O)[C@H](O)[C@H]2O)[C@@H]1O. The zero-order chi connectivity index (χ0) is 106. The summed E-state index contributed by atoms with van der Waals surface area (Å²) in [5, 5.41) is 343. The van der Waals surface area contributed by atoms with E-state index in [0.717, 1.165) is 48.5 Å². The number of ether oxygens (including phenoxy) is 20. The van der Waals surface area contributed by atoms with E-state index >= 15 is 0 Å². The molecule has 0 aromatic rings. The predicted molar refractivity (Wildman–Crippen MR) is 446 cm³/mol. The van der Waals surface area contributed by atoms with Crippen molar-refractivity contribution in [2.45, 2.75) is 380 Å². The number of nitrogens with one attached hydrogen (secondary N) is 7. The largest absolute Gasteiger partial charge is 0.394 e. The van der Waals surface area contributed by atoms with Crippen molar-refractivity contribution in [3.05, 3.63) is 0 Å². The van der Waals surface area contributed by atoms with Gasteiger partial charge >= 0.3 is 0 Å². The molecular formula is C80H135N7O56. The van der Waals surface area contributed by atoms with Crippen LogP contribution in [-0.2, 0) is 128 Å². The van der Waals surface area contributed by atoms with Crippen molar-refractivity contribution in [3.63, 3.8) is 0 Å². The van der Waals surface area contributed by atoms with Crippen LogP contribution in [0.15, 0.2) is 0 Å². The number of carbonyl (C=O) groups excluding carboxylic acids is 7. The molecule has 10 aliphatic heterocycles. The molecule has 10 aliphatic rings. The Bertz CT molecular complexity index is 3990. The van der Waals surface area contributed by atoms with Crippen LogP contribution >= 0.6 is 0 Å². The van der Waals surface area contributed by atoms with Gasteiger partial charge in [-0.2, -0.15) is 0 Å². The highest BCUT2D eigenvalue weighted by Crippen LogP contribution is 2.41. The van der Waals surface area contributed by atoms with E-state index in [0.29, 0.717) is 0 Å². The number of hydrogen-bond donors (Lipinski definition) is 36. The highest BCUT2D eigenvalue weighted by Gasteiger charge is 2.62. The van der Waals surface area contributed by atoms with Crippen molar-refractivity contribution in [3.8, 4) is 0 Å². The molecular weight excluding hydrogens is 1950 g/mol. The number of aliphatic hydroxyl groups excluding tert-OH is 29. The average Bonchev–Trinajstić information content (AvgIpc) is 0.769. The summed E-state index contributed by atoms with van der Waals surface area (Å²) in [6, 6.07) is -13.0. The van der Waals surface area contributed by atoms with Crippen molar-refractivity contribution in [1.29, 1.82) is 0 Å². The standard InChI is InChI=1S/C80H135N7O56/c1-20(98)81-27(8-88)63(45(106)28(105)18-124-71-42(85-24(5)102)53(114)64(32(12-92)129-71)140-77-59(120)56(117)67(35(15-95)132-77)137-73-39(82-21(2)99)50(111)46(107)29(9-89)126-73)136-80-62(123)70(143-76-44(87-26(7)104)55(116)66(34(14-94)131-76)142-79-61(122)58(119)69(37(17-97)134-79)139-75-41(84-23(4)101)52(113)48(109)31(11-91)128-75)49(110)38(135-80)19-125-72-43(86-25(6)103)54(115)65(33(13-93)130-72)141-78-60(121)57(118)68(36(16-96)133-78)138-74-40(83-22(3)100)51(112)47(108)30(10-90)127-74/h27-80,88-97,105-123H,8-19H2,1-7H3,(H,81,98)(H,82,99)(H,83,100)(H,84,101)(H,85,102)(H,86,103)(H,87,104)/t27-,28+,29+,30+,31+,32+,33+,34+,35+,36+,37+,38+,39+,40+,41+,42+,43+,44+,45-,46+,47+,48+,49-,50+,51+,52+,53+,54+,55+,56+,57+,58+,59+,60+,61+,62+,63+,64+,65+,66+,67-,68-,69-,70-,71+,72+,73+,74+,75+,76-,77-,78-,79-,80-/m0/s1. The Morgan fingerprint density at radius 2 is 0.483 bits per heavy atom. The van der Waals surface area contributed by atoms with E-state index in [9.17, 15) is 182 Å². The number of rotatable bonds is 42. The minimum atomic E-state index is -2.67. The fourth-order valence-electron chi connectivity index (χ4n) is 18.2. The van der Waals surface area contributed by atoms with Crippen molar-refractivity contribution >= 4 is 41.4 Å². The second-order valence-corrected chi connectivity index (χ2v) is 35.8. The van der Waals surface area contributed by atoms with Gasteiger partial charge in [-0.05, 0) is 0 Å². The first-order valence-electron chi connectivity index (χ1n) is 45.5. The Kier molecular flexibility index (Phi) is 44.5. The minimum Gasteiger partial charge on any atom is -0.394 e. The van der Waals surface area contributed by atoms with Crippen molar-refractivity contribution in [2.75, 3.05) is 79.3 Å². The maximum atomic E-state index is 13.3. The van der Waals surface area contributed by atoms with Gasteiger partial charge in [0.15, 0.2) is 62.9 Å². The minimum absolute atomic E-state index is 0.790. The smallest absolute Gasteiger partial charge is 0.217 e. The number of aliphatic hydroxyl groups is 29. The summed E-state index contributed by atoms with van der Waals surface area (Å²) in [6.45, 7) is -7.01. The van der Waals surface area contributed by atoms with Crippen LogP contribution in [0.2, 0.25) is 0 Å². The first kappa shape index (κ1) is 119. The molecule has 0 unspecified atom stereocenters. The molecule has 10 heterocycles. The van der Waals surface area contributed by atoms with Gasteiger partial charge in [-0.15, -0.1) is 0 Å². The van der Waals surface area contributed by atoms with Crippen molar-refractivity contribution in [1.82, 2.24) is 37.2 Å². The van der Waals surface area contributed by atoms with Gasteiger partial charge in [0.05, 0.1) is 85.3 Å². The van der Waals surface area contributed by atoms with E-state index in [1.165, 1.54) is 0 Å². The summed E-state index contributed by atoms with van der Waals surface area (Å²) in [5.41, 5.74) is 0. The van der Waals surface area contributed by atoms with Crippen molar-refractivity contribution < 1.29 is 276 Å². The Hall–Kier alpha value is -5.67. The van der Waals surface area contributed by atoms with Gasteiger partial charge in [0.25, 0.3) is 0 Å². The van der Waals surface area contributed by atoms with E-state index in [4.69, 9.17) is 94.7 Å². The molecule has 0 spiro atoms. The van der Waals surface area contributed by atoms with Gasteiger partial charge in [0, 0.05) is 48.5 Å². The van der Waals surface area contributed by atoms with E-state index in [1.807, 2.05) is 0 Å². The van der Waals surface area contributed by atoms with Crippen LogP contribution in [0, 0.1) is 0 Å². The zero-order valence-corrected chi connectivity index (χ0v) is 77.7. The lowest BCUT2D eigenvalue weighted by Gasteiger charge is -2.50. The van der Waals surface area contributed by atoms with E-state index < -0.39 is 452 Å². The lowest BCUT2D eigenvalue weighted by Crippen LogP contribution is -2.70. The predicted octanol–water partition coefficient (Wildman–Crippen LogP) is -24.3. The summed E-state index contributed by atoms with van der Waals surface area (Å²) in [7, 11) is 0. The number of hydrogen-bond acceptors (Lipinski definition) is 56. The Morgan fingerprint density at radius 3 is 0.762 bits per heavy atom. The van der Waals surface area contributed by atoms with E-state index in [1.54, 1.807) is 0 Å². The van der Waals surface area contributed by atoms with Gasteiger partial charge in [0.2, 0.25) is 41.4 Å². The molecule has 0 aliphatic carbocycles. The molecule has 0 aromatic heterocycles. The molecule has 36 N–H and O–H groups in total. The van der Waals surface area contributed by atoms with Crippen LogP contribution < -0.4 is 37.2 Å². The quantitative estimate of drug-likeness (QED) is 0.0270. The third-order valence-electron chi connectivity index (χ3n) is 25.4. The fourth-order valence-corrected chi connectivity index (χ4v) is 18.2. The molecule has 63 heteroatoms. The highest BCUT2D eigenvalue weighted by atomic mass is 16.8. The summed E-state index contributed by atoms with van der Waals surface area (Å²) >= 11 is 0. The lowest BCUT2D eigenvalue weighted by molar-refractivity contribution is -0.382. The number of carbonyl (C=O) groups is 7. The first-order chi connectivity index (χ1) is 67.6. The lowest BCUT2D eigenvalue weighted by atomic mass is 9.94. The highest BCUT2D eigenvalue weighted by molar-refractivity contribution is 5.75. The summed E-state index contributed by atoms with van der Waals surface area (Å²) in [5.74, 6) is -6.45. The second-order valence-electron chi connectivity index (χ2n) is 35.8. The Balaban J connectivity index is 0.922. The van der Waals surface area contributed by atoms with Gasteiger partial charge in [-0.25, -0.2) is 0 Å². The molecule has 0 saturated carbocycles. The van der Waals surface area contributed by atoms with Crippen LogP contribution in [0.1, 0.15) is 48.5 Å². The van der Waals surface area contributed by atoms with Crippen LogP contribution in [0.4, 0.5) is 0 Å².